The number of nitrogens with two attached hydrogens (primary N) is 3. The van der Waals surface area contributed by atoms with Gasteiger partial charge in [-0.3, -0.25) is 4.99 Å². The van der Waals surface area contributed by atoms with Crippen LogP contribution in [0.5, 0.6) is 0 Å². The van der Waals surface area contributed by atoms with E-state index in [2.05, 4.69) is 4.99 Å². The maximum atomic E-state index is 13.0. The molecule has 0 spiro atoms. The molecule has 2 heterocycles. The minimum absolute atomic E-state index is 0.0735. The van der Waals surface area contributed by atoms with Crippen molar-refractivity contribution in [1.82, 2.24) is 0 Å². The van der Waals surface area contributed by atoms with Crippen LogP contribution in [0.15, 0.2) is 4.99 Å². The van der Waals surface area contributed by atoms with Gasteiger partial charge in [-0.15, -0.1) is 0 Å². The lowest BCUT2D eigenvalue weighted by molar-refractivity contribution is -0.313. The number of aliphatic imine (C=N–C) groups is 1. The summed E-state index contributed by atoms with van der Waals surface area (Å²) in [6.45, 7) is 2.00. The third-order valence-electron chi connectivity index (χ3n) is 8.12. The Kier molecular flexibility index (Phi) is 11.8. The number of ether oxygens (including phenoxy) is 4. The molecule has 14 heteroatoms. The molecule has 0 aromatic rings. The number of aliphatic hydroxyl groups excluding tert-OH is 4. The quantitative estimate of drug-likeness (QED) is 0.0772. The Morgan fingerprint density at radius 1 is 1.10 bits per heavy atom. The average Bonchev–Trinajstić information content (AvgIpc) is 2.89. The molecule has 13 nitrogen and oxygen atoms in total. The lowest BCUT2D eigenvalue weighted by Crippen LogP contribution is -2.64. The molecule has 39 heavy (non-hydrogen) atoms. The minimum Gasteiger partial charge on any atom is -0.396 e. The number of hydrogen-bond donors (Lipinski definition) is 8. The predicted octanol–water partition coefficient (Wildman–Crippen LogP) is -2.00. The van der Waals surface area contributed by atoms with Crippen LogP contribution in [0.4, 0.5) is 4.39 Å². The van der Waals surface area contributed by atoms with Crippen molar-refractivity contribution in [3.63, 3.8) is 0 Å². The SMILES string of the molecule is C[C@@H]1C(O)[C@@H](OC2C(O)C(O[C@H]3O[C@H](CCCCO)CCC3N)[C@@H](N)C[C@H]2N=C(N)C(O)CF)OCC1(C)O. The van der Waals surface area contributed by atoms with Crippen molar-refractivity contribution in [1.29, 1.82) is 0 Å². The molecule has 0 aromatic carbocycles. The fourth-order valence-corrected chi connectivity index (χ4v) is 5.27. The van der Waals surface area contributed by atoms with Crippen LogP contribution in [-0.4, -0.2) is 124 Å². The van der Waals surface area contributed by atoms with Gasteiger partial charge in [-0.05, 0) is 45.4 Å². The zero-order valence-corrected chi connectivity index (χ0v) is 22.7. The van der Waals surface area contributed by atoms with Crippen LogP contribution < -0.4 is 17.2 Å². The topological polar surface area (TPSA) is 228 Å². The van der Waals surface area contributed by atoms with Crippen LogP contribution in [0.3, 0.4) is 0 Å². The second-order valence-electron chi connectivity index (χ2n) is 11.3. The second kappa shape index (κ2) is 14.2. The van der Waals surface area contributed by atoms with E-state index in [9.17, 15) is 24.8 Å². The highest BCUT2D eigenvalue weighted by atomic mass is 19.1. The Morgan fingerprint density at radius 3 is 2.46 bits per heavy atom. The van der Waals surface area contributed by atoms with Crippen molar-refractivity contribution < 1.29 is 48.9 Å². The molecule has 13 atom stereocenters. The molecule has 0 aromatic heterocycles. The third-order valence-corrected chi connectivity index (χ3v) is 8.12. The van der Waals surface area contributed by atoms with Gasteiger partial charge in [-0.1, -0.05) is 6.92 Å². The molecular formula is C25H47FN4O9. The van der Waals surface area contributed by atoms with Crippen molar-refractivity contribution in [3.8, 4) is 0 Å². The summed E-state index contributed by atoms with van der Waals surface area (Å²) in [5, 5.41) is 51.5. The van der Waals surface area contributed by atoms with E-state index >= 15 is 0 Å². The van der Waals surface area contributed by atoms with Gasteiger partial charge in [0.05, 0.1) is 30.4 Å². The zero-order chi connectivity index (χ0) is 28.9. The summed E-state index contributed by atoms with van der Waals surface area (Å²) in [7, 11) is 0. The molecule has 2 aliphatic heterocycles. The Hall–Kier alpha value is -1.04. The number of amidine groups is 1. The highest BCUT2D eigenvalue weighted by molar-refractivity contribution is 5.85. The lowest BCUT2D eigenvalue weighted by Gasteiger charge is -2.48. The van der Waals surface area contributed by atoms with Gasteiger partial charge < -0.3 is 61.7 Å². The van der Waals surface area contributed by atoms with Gasteiger partial charge in [0.15, 0.2) is 12.6 Å². The van der Waals surface area contributed by atoms with Gasteiger partial charge in [-0.2, -0.15) is 0 Å². The van der Waals surface area contributed by atoms with E-state index in [1.54, 1.807) is 6.92 Å². The van der Waals surface area contributed by atoms with Gasteiger partial charge in [0, 0.05) is 18.6 Å². The predicted molar refractivity (Wildman–Crippen MR) is 138 cm³/mol. The molecule has 2 saturated heterocycles. The number of rotatable bonds is 11. The highest BCUT2D eigenvalue weighted by Gasteiger charge is 2.51. The number of hydrogen-bond acceptors (Lipinski definition) is 12. The van der Waals surface area contributed by atoms with Gasteiger partial charge in [0.2, 0.25) is 0 Å². The first kappa shape index (κ1) is 32.5. The van der Waals surface area contributed by atoms with Crippen LogP contribution in [0, 0.1) is 5.92 Å². The number of aliphatic hydroxyl groups is 5. The molecule has 228 valence electrons. The Balaban J connectivity index is 1.79. The smallest absolute Gasteiger partial charge is 0.184 e. The van der Waals surface area contributed by atoms with Gasteiger partial charge in [0.25, 0.3) is 0 Å². The van der Waals surface area contributed by atoms with E-state index in [4.69, 9.17) is 41.3 Å². The van der Waals surface area contributed by atoms with Crippen LogP contribution in [0.25, 0.3) is 0 Å². The first-order valence-electron chi connectivity index (χ1n) is 13.7. The number of nitrogens with zero attached hydrogens (tertiary/aromatic N) is 1. The Labute approximate surface area is 228 Å². The summed E-state index contributed by atoms with van der Waals surface area (Å²) in [6.07, 6.45) is -5.09. The monoisotopic (exact) mass is 566 g/mol. The van der Waals surface area contributed by atoms with Crippen molar-refractivity contribution in [2.75, 3.05) is 19.9 Å². The Morgan fingerprint density at radius 2 is 1.79 bits per heavy atom. The molecule has 0 bridgehead atoms. The fourth-order valence-electron chi connectivity index (χ4n) is 5.27. The minimum atomic E-state index is -1.64. The maximum absolute atomic E-state index is 13.0. The van der Waals surface area contributed by atoms with E-state index in [1.165, 1.54) is 6.92 Å². The third kappa shape index (κ3) is 8.04. The normalized spacial score (nSPS) is 44.8. The van der Waals surface area contributed by atoms with Gasteiger partial charge in [0.1, 0.15) is 43.0 Å². The van der Waals surface area contributed by atoms with Crippen LogP contribution in [0.1, 0.15) is 52.4 Å². The van der Waals surface area contributed by atoms with Gasteiger partial charge >= 0.3 is 0 Å². The molecule has 0 radical (unpaired) electrons. The molecular weight excluding hydrogens is 519 g/mol. The number of unbranched alkanes of at least 4 members (excludes halogenated alkanes) is 1. The summed E-state index contributed by atoms with van der Waals surface area (Å²) >= 11 is 0. The van der Waals surface area contributed by atoms with E-state index in [0.29, 0.717) is 12.8 Å². The van der Waals surface area contributed by atoms with Crippen molar-refractivity contribution in [2.45, 2.75) is 125 Å². The molecule has 7 unspecified atom stereocenters. The van der Waals surface area contributed by atoms with Crippen LogP contribution in [-0.2, 0) is 18.9 Å². The summed E-state index contributed by atoms with van der Waals surface area (Å²) < 4.78 is 36.8. The summed E-state index contributed by atoms with van der Waals surface area (Å²) in [6, 6.07) is -2.18. The van der Waals surface area contributed by atoms with Crippen LogP contribution >= 0.6 is 0 Å². The first-order chi connectivity index (χ1) is 18.4. The maximum Gasteiger partial charge on any atom is 0.184 e. The summed E-state index contributed by atoms with van der Waals surface area (Å²) in [5.74, 6) is -1.01. The van der Waals surface area contributed by atoms with Crippen molar-refractivity contribution in [3.05, 3.63) is 0 Å². The molecule has 0 amide bonds. The molecule has 1 saturated carbocycles. The summed E-state index contributed by atoms with van der Waals surface area (Å²) in [5.41, 5.74) is 17.1. The van der Waals surface area contributed by atoms with E-state index < -0.39 is 79.4 Å². The molecule has 3 fully saturated rings. The molecule has 1 aliphatic carbocycles. The molecule has 3 aliphatic rings. The summed E-state index contributed by atoms with van der Waals surface area (Å²) in [4.78, 5) is 4.20. The number of alkyl halides is 1. The Bertz CT molecular complexity index is 797. The van der Waals surface area contributed by atoms with E-state index in [1.807, 2.05) is 0 Å². The average molecular weight is 567 g/mol. The molecule has 11 N–H and O–H groups in total. The van der Waals surface area contributed by atoms with Gasteiger partial charge in [-0.25, -0.2) is 4.39 Å². The first-order valence-corrected chi connectivity index (χ1v) is 13.7. The second-order valence-corrected chi connectivity index (χ2v) is 11.3. The number of halogens is 1. The highest BCUT2D eigenvalue weighted by Crippen LogP contribution is 2.35. The van der Waals surface area contributed by atoms with E-state index in [0.717, 1.165) is 19.3 Å². The standard InChI is InChI=1S/C25H47FN4O9/c1-12-18(33)24(36-11-25(12,2)35)39-21-16(30-22(29)17(32)10-26)9-15(28)20(19(21)34)38-23-14(27)7-6-13(37-23)5-3-4-8-31/h12-21,23-24,31-35H,3-11,27-28H2,1-2H3,(H2,29,30)/t12-,13-,14?,15+,16-,17?,18?,19?,20?,21?,23-,24-,25?/m1/s1. The van der Waals surface area contributed by atoms with Crippen molar-refractivity contribution >= 4 is 5.84 Å². The van der Waals surface area contributed by atoms with Crippen molar-refractivity contribution in [2.24, 2.45) is 28.1 Å². The fraction of sp³-hybridized carbons (Fsp3) is 0.960. The lowest BCUT2D eigenvalue weighted by atomic mass is 9.83. The molecule has 3 rings (SSSR count). The zero-order valence-electron chi connectivity index (χ0n) is 22.7. The van der Waals surface area contributed by atoms with Crippen LogP contribution in [0.2, 0.25) is 0 Å². The van der Waals surface area contributed by atoms with E-state index in [-0.39, 0.29) is 31.6 Å². The largest absolute Gasteiger partial charge is 0.396 e.